The number of hydrogen-bond donors (Lipinski definition) is 3. The molecule has 0 aliphatic rings. The molecule has 0 aliphatic heterocycles. The van der Waals surface area contributed by atoms with Crippen LogP contribution in [-0.4, -0.2) is 7.05 Å². The smallest absolute Gasteiger partial charge is 0.0505 e. The zero-order chi connectivity index (χ0) is 8.43. The Morgan fingerprint density at radius 1 is 1.55 bits per heavy atom. The molecule has 0 bridgehead atoms. The topological polar surface area (TPSA) is 38.0 Å². The molecule has 0 unspecified atom stereocenters. The molecule has 1 rings (SSSR count). The number of nitrogens with two attached hydrogens (primary N) is 1. The molecule has 0 atom stereocenters. The summed E-state index contributed by atoms with van der Waals surface area (Å²) in [6.45, 7) is 0. The van der Waals surface area contributed by atoms with E-state index in [1.54, 1.807) is 0 Å². The fourth-order valence-corrected chi connectivity index (χ4v) is 1.53. The van der Waals surface area contributed by atoms with Crippen LogP contribution in [0.15, 0.2) is 21.5 Å². The Labute approximate surface area is 79.7 Å². The van der Waals surface area contributed by atoms with Crippen molar-refractivity contribution < 1.29 is 0 Å². The lowest BCUT2D eigenvalue weighted by atomic mass is 10.3. The number of anilines is 2. The van der Waals surface area contributed by atoms with Crippen LogP contribution in [0.25, 0.3) is 0 Å². The zero-order valence-electron chi connectivity index (χ0n) is 6.06. The number of thiol groups is 1. The highest BCUT2D eigenvalue weighted by Gasteiger charge is 2.01. The second-order valence-corrected chi connectivity index (χ2v) is 3.45. The summed E-state index contributed by atoms with van der Waals surface area (Å²) >= 11 is 7.62. The van der Waals surface area contributed by atoms with Crippen molar-refractivity contribution in [1.29, 1.82) is 0 Å². The molecule has 0 radical (unpaired) electrons. The minimum Gasteiger partial charge on any atom is -0.399 e. The molecule has 2 nitrogen and oxygen atoms in total. The first-order chi connectivity index (χ1) is 5.15. The second-order valence-electron chi connectivity index (χ2n) is 2.15. The highest BCUT2D eigenvalue weighted by molar-refractivity contribution is 9.10. The first-order valence-corrected chi connectivity index (χ1v) is 4.35. The number of rotatable bonds is 1. The average molecular weight is 233 g/mol. The van der Waals surface area contributed by atoms with Crippen LogP contribution in [0.3, 0.4) is 0 Å². The number of nitrogens with one attached hydrogen (secondary N) is 1. The van der Waals surface area contributed by atoms with Crippen LogP contribution in [0.5, 0.6) is 0 Å². The lowest BCUT2D eigenvalue weighted by Gasteiger charge is -2.06. The molecule has 1 aromatic carbocycles. The van der Waals surface area contributed by atoms with Crippen LogP contribution >= 0.6 is 28.6 Å². The van der Waals surface area contributed by atoms with Crippen molar-refractivity contribution >= 4 is 39.9 Å². The number of nitrogen functional groups attached to an aromatic ring is 1. The van der Waals surface area contributed by atoms with E-state index >= 15 is 0 Å². The molecule has 11 heavy (non-hydrogen) atoms. The molecule has 1 aromatic rings. The molecule has 0 aromatic heterocycles. The maximum absolute atomic E-state index is 5.60. The summed E-state index contributed by atoms with van der Waals surface area (Å²) in [4.78, 5) is 0.877. The SMILES string of the molecule is CNc1cc(N)cc(Br)c1S. The van der Waals surface area contributed by atoms with E-state index in [0.29, 0.717) is 0 Å². The van der Waals surface area contributed by atoms with Gasteiger partial charge in [0.25, 0.3) is 0 Å². The van der Waals surface area contributed by atoms with Crippen molar-refractivity contribution in [1.82, 2.24) is 0 Å². The van der Waals surface area contributed by atoms with Crippen LogP contribution in [0.2, 0.25) is 0 Å². The van der Waals surface area contributed by atoms with Gasteiger partial charge in [-0.05, 0) is 28.1 Å². The maximum atomic E-state index is 5.60. The third-order valence-corrected chi connectivity index (χ3v) is 2.77. The van der Waals surface area contributed by atoms with Crippen molar-refractivity contribution in [3.05, 3.63) is 16.6 Å². The van der Waals surface area contributed by atoms with Crippen LogP contribution in [0.1, 0.15) is 0 Å². The Morgan fingerprint density at radius 2 is 2.18 bits per heavy atom. The first-order valence-electron chi connectivity index (χ1n) is 3.11. The van der Waals surface area contributed by atoms with Crippen molar-refractivity contribution in [2.24, 2.45) is 0 Å². The molecule has 60 valence electrons. The van der Waals surface area contributed by atoms with E-state index < -0.39 is 0 Å². The largest absolute Gasteiger partial charge is 0.399 e. The average Bonchev–Trinajstić information content (AvgIpc) is 1.96. The molecule has 0 saturated carbocycles. The van der Waals surface area contributed by atoms with Crippen LogP contribution in [-0.2, 0) is 0 Å². The van der Waals surface area contributed by atoms with Crippen molar-refractivity contribution in [2.45, 2.75) is 4.90 Å². The van der Waals surface area contributed by atoms with Crippen LogP contribution in [0, 0.1) is 0 Å². The van der Waals surface area contributed by atoms with E-state index in [0.717, 1.165) is 20.7 Å². The highest BCUT2D eigenvalue weighted by atomic mass is 79.9. The van der Waals surface area contributed by atoms with Crippen molar-refractivity contribution in [3.63, 3.8) is 0 Å². The van der Waals surface area contributed by atoms with Gasteiger partial charge in [0.1, 0.15) is 0 Å². The molecule has 0 amide bonds. The number of hydrogen-bond acceptors (Lipinski definition) is 3. The Bertz CT molecular complexity index is 275. The quantitative estimate of drug-likeness (QED) is 0.514. The summed E-state index contributed by atoms with van der Waals surface area (Å²) in [6.07, 6.45) is 0. The molecular weight excluding hydrogens is 224 g/mol. The lowest BCUT2D eigenvalue weighted by Crippen LogP contribution is -1.93. The monoisotopic (exact) mass is 232 g/mol. The molecular formula is C7H9BrN2S. The summed E-state index contributed by atoms with van der Waals surface area (Å²) in [6, 6.07) is 3.66. The van der Waals surface area contributed by atoms with E-state index in [-0.39, 0.29) is 0 Å². The van der Waals surface area contributed by atoms with E-state index in [4.69, 9.17) is 5.73 Å². The van der Waals surface area contributed by atoms with Gasteiger partial charge in [0.15, 0.2) is 0 Å². The summed E-state index contributed by atoms with van der Waals surface area (Å²) in [5.74, 6) is 0. The maximum Gasteiger partial charge on any atom is 0.0505 e. The van der Waals surface area contributed by atoms with Gasteiger partial charge in [-0.25, -0.2) is 0 Å². The molecule has 0 heterocycles. The van der Waals surface area contributed by atoms with E-state index in [1.807, 2.05) is 19.2 Å². The van der Waals surface area contributed by atoms with Gasteiger partial charge in [-0.2, -0.15) is 0 Å². The third-order valence-electron chi connectivity index (χ3n) is 1.36. The standard InChI is InChI=1S/C7H9BrN2S/c1-10-6-3-4(9)2-5(8)7(6)11/h2-3,10-11H,9H2,1H3. The molecule has 0 saturated heterocycles. The third kappa shape index (κ3) is 1.81. The van der Waals surface area contributed by atoms with Crippen molar-refractivity contribution in [2.75, 3.05) is 18.1 Å². The summed E-state index contributed by atoms with van der Waals surface area (Å²) in [7, 11) is 1.83. The minimum atomic E-state index is 0.721. The van der Waals surface area contributed by atoms with Crippen LogP contribution in [0.4, 0.5) is 11.4 Å². The molecule has 3 N–H and O–H groups in total. The zero-order valence-corrected chi connectivity index (χ0v) is 8.54. The molecule has 0 aliphatic carbocycles. The Hall–Kier alpha value is -0.350. The van der Waals surface area contributed by atoms with Gasteiger partial charge in [0.2, 0.25) is 0 Å². The number of halogens is 1. The van der Waals surface area contributed by atoms with E-state index in [9.17, 15) is 0 Å². The Balaban J connectivity index is 3.24. The summed E-state index contributed by atoms with van der Waals surface area (Å²) in [5, 5.41) is 2.99. The minimum absolute atomic E-state index is 0.721. The van der Waals surface area contributed by atoms with Crippen molar-refractivity contribution in [3.8, 4) is 0 Å². The fourth-order valence-electron chi connectivity index (χ4n) is 0.811. The summed E-state index contributed by atoms with van der Waals surface area (Å²) in [5.41, 5.74) is 7.25. The predicted octanol–water partition coefficient (Wildman–Crippen LogP) is 2.36. The van der Waals surface area contributed by atoms with Gasteiger partial charge < -0.3 is 11.1 Å². The number of benzene rings is 1. The van der Waals surface area contributed by atoms with Gasteiger partial charge in [-0.1, -0.05) is 0 Å². The fraction of sp³-hybridized carbons (Fsp3) is 0.143. The normalized spacial score (nSPS) is 9.73. The summed E-state index contributed by atoms with van der Waals surface area (Å²) < 4.78 is 0.908. The van der Waals surface area contributed by atoms with E-state index in [2.05, 4.69) is 33.9 Å². The van der Waals surface area contributed by atoms with Gasteiger partial charge >= 0.3 is 0 Å². The molecule has 0 fully saturated rings. The van der Waals surface area contributed by atoms with Crippen LogP contribution < -0.4 is 11.1 Å². The van der Waals surface area contributed by atoms with Gasteiger partial charge in [-0.3, -0.25) is 0 Å². The predicted molar refractivity (Wildman–Crippen MR) is 55.4 cm³/mol. The Morgan fingerprint density at radius 3 is 2.73 bits per heavy atom. The van der Waals surface area contributed by atoms with E-state index in [1.165, 1.54) is 0 Å². The van der Waals surface area contributed by atoms with Gasteiger partial charge in [0, 0.05) is 22.1 Å². The lowest BCUT2D eigenvalue weighted by molar-refractivity contribution is 1.36. The highest BCUT2D eigenvalue weighted by Crippen LogP contribution is 2.30. The Kier molecular flexibility index (Phi) is 2.67. The van der Waals surface area contributed by atoms with Gasteiger partial charge in [0.05, 0.1) is 5.69 Å². The first kappa shape index (κ1) is 8.74. The molecule has 0 spiro atoms. The molecule has 4 heteroatoms. The second kappa shape index (κ2) is 3.36. The van der Waals surface area contributed by atoms with Gasteiger partial charge in [-0.15, -0.1) is 12.6 Å².